The normalized spacial score (nSPS) is 43.2. The van der Waals surface area contributed by atoms with E-state index < -0.39 is 0 Å². The molecule has 1 unspecified atom stereocenters. The molecule has 5 nitrogen and oxygen atoms in total. The summed E-state index contributed by atoms with van der Waals surface area (Å²) in [6, 6.07) is 0. The lowest BCUT2D eigenvalue weighted by atomic mass is 10.1. The van der Waals surface area contributed by atoms with Crippen LogP contribution in [0.2, 0.25) is 0 Å². The van der Waals surface area contributed by atoms with Crippen LogP contribution in [0.25, 0.3) is 0 Å². The average Bonchev–Trinajstić information content (AvgIpc) is 2.82. The molecule has 0 aromatic heterocycles. The predicted molar refractivity (Wildman–Crippen MR) is 53.8 cm³/mol. The van der Waals surface area contributed by atoms with E-state index in [0.717, 1.165) is 13.0 Å². The van der Waals surface area contributed by atoms with Gasteiger partial charge in [-0.2, -0.15) is 0 Å². The number of fused-ring (bicyclic) bond motifs is 1. The fourth-order valence-corrected chi connectivity index (χ4v) is 2.09. The quantitative estimate of drug-likeness (QED) is 0.642. The zero-order chi connectivity index (χ0) is 10.8. The van der Waals surface area contributed by atoms with Crippen LogP contribution in [0.15, 0.2) is 12.2 Å². The minimum absolute atomic E-state index is 0.00780. The molecule has 4 atom stereocenters. The van der Waals surface area contributed by atoms with Gasteiger partial charge in [-0.15, -0.1) is 0 Å². The highest BCUT2D eigenvalue weighted by atomic mass is 16.7. The van der Waals surface area contributed by atoms with Gasteiger partial charge in [0.25, 0.3) is 0 Å². The van der Waals surface area contributed by atoms with E-state index in [1.165, 1.54) is 0 Å². The van der Waals surface area contributed by atoms with Crippen LogP contribution in [-0.2, 0) is 23.7 Å². The van der Waals surface area contributed by atoms with Crippen molar-refractivity contribution in [2.45, 2.75) is 31.0 Å². The van der Waals surface area contributed by atoms with Crippen molar-refractivity contribution in [3.63, 3.8) is 0 Å². The summed E-state index contributed by atoms with van der Waals surface area (Å²) in [6.45, 7) is 2.35. The summed E-state index contributed by atoms with van der Waals surface area (Å²) in [5, 5.41) is 0. The summed E-state index contributed by atoms with van der Waals surface area (Å²) in [5.41, 5.74) is 0. The molecule has 0 N–H and O–H groups in total. The Bertz CT molecular complexity index is 261. The van der Waals surface area contributed by atoms with Crippen molar-refractivity contribution in [2.75, 3.05) is 26.6 Å². The zero-order valence-corrected chi connectivity index (χ0v) is 9.04. The van der Waals surface area contributed by atoms with Crippen LogP contribution < -0.4 is 0 Å². The lowest BCUT2D eigenvalue weighted by Gasteiger charge is -2.35. The largest absolute Gasteiger partial charge is 0.379 e. The van der Waals surface area contributed by atoms with Gasteiger partial charge in [0.1, 0.15) is 19.0 Å². The first-order valence-electron chi connectivity index (χ1n) is 5.68. The van der Waals surface area contributed by atoms with Crippen molar-refractivity contribution in [1.82, 2.24) is 0 Å². The van der Waals surface area contributed by atoms with Crippen molar-refractivity contribution in [3.05, 3.63) is 12.2 Å². The van der Waals surface area contributed by atoms with Gasteiger partial charge in [-0.1, -0.05) is 6.08 Å². The Kier molecular flexibility index (Phi) is 3.21. The molecule has 0 aliphatic carbocycles. The molecule has 5 heteroatoms. The van der Waals surface area contributed by atoms with E-state index in [-0.39, 0.29) is 24.6 Å². The Morgan fingerprint density at radius 1 is 1.12 bits per heavy atom. The lowest BCUT2D eigenvalue weighted by Crippen LogP contribution is -2.45. The smallest absolute Gasteiger partial charge is 0.177 e. The first-order chi connectivity index (χ1) is 7.92. The molecule has 2 fully saturated rings. The van der Waals surface area contributed by atoms with Gasteiger partial charge in [-0.25, -0.2) is 0 Å². The van der Waals surface area contributed by atoms with E-state index >= 15 is 0 Å². The van der Waals surface area contributed by atoms with Crippen molar-refractivity contribution in [2.24, 2.45) is 0 Å². The fraction of sp³-hybridized carbons (Fsp3) is 0.818. The minimum Gasteiger partial charge on any atom is -0.379 e. The van der Waals surface area contributed by atoms with E-state index in [9.17, 15) is 0 Å². The van der Waals surface area contributed by atoms with Gasteiger partial charge in [0.15, 0.2) is 6.29 Å². The molecule has 90 valence electrons. The van der Waals surface area contributed by atoms with Crippen molar-refractivity contribution >= 4 is 0 Å². The fourth-order valence-electron chi connectivity index (χ4n) is 2.09. The molecule has 2 saturated heterocycles. The second-order valence-corrected chi connectivity index (χ2v) is 4.17. The van der Waals surface area contributed by atoms with Crippen molar-refractivity contribution in [3.8, 4) is 0 Å². The third kappa shape index (κ3) is 2.28. The van der Waals surface area contributed by atoms with Gasteiger partial charge in [-0.05, 0) is 12.5 Å². The topological polar surface area (TPSA) is 46.2 Å². The van der Waals surface area contributed by atoms with Gasteiger partial charge in [0, 0.05) is 6.61 Å². The SMILES string of the molecule is C1=C[C@@H]2OCOC[C@H]2OC1O[C@@H]1CCOC1. The molecule has 0 spiro atoms. The van der Waals surface area contributed by atoms with Crippen LogP contribution in [0.5, 0.6) is 0 Å². The number of hydrogen-bond donors (Lipinski definition) is 0. The monoisotopic (exact) mass is 228 g/mol. The molecule has 0 radical (unpaired) electrons. The Morgan fingerprint density at radius 2 is 2.12 bits per heavy atom. The highest BCUT2D eigenvalue weighted by molar-refractivity contribution is 5.01. The first-order valence-corrected chi connectivity index (χ1v) is 5.68. The van der Waals surface area contributed by atoms with Gasteiger partial charge < -0.3 is 23.7 Å². The molecule has 0 bridgehead atoms. The third-order valence-electron chi connectivity index (χ3n) is 2.97. The van der Waals surface area contributed by atoms with Crippen LogP contribution >= 0.6 is 0 Å². The van der Waals surface area contributed by atoms with E-state index in [1.807, 2.05) is 12.2 Å². The van der Waals surface area contributed by atoms with Crippen LogP contribution in [0, 0.1) is 0 Å². The van der Waals surface area contributed by atoms with Crippen LogP contribution in [0.4, 0.5) is 0 Å². The molecule has 16 heavy (non-hydrogen) atoms. The minimum atomic E-state index is -0.293. The van der Waals surface area contributed by atoms with Crippen molar-refractivity contribution < 1.29 is 23.7 Å². The zero-order valence-electron chi connectivity index (χ0n) is 9.04. The molecular weight excluding hydrogens is 212 g/mol. The maximum atomic E-state index is 5.76. The Labute approximate surface area is 94.2 Å². The molecule has 0 aromatic carbocycles. The molecule has 3 heterocycles. The standard InChI is InChI=1S/C11H16O5/c1-2-11(15-8-3-4-12-5-8)16-10-6-13-7-14-9(1)10/h1-2,8-11H,3-7H2/t8-,9+,10-,11?/m1/s1. The first kappa shape index (κ1) is 10.7. The van der Waals surface area contributed by atoms with Gasteiger partial charge in [0.2, 0.25) is 0 Å². The summed E-state index contributed by atoms with van der Waals surface area (Å²) >= 11 is 0. The highest BCUT2D eigenvalue weighted by Crippen LogP contribution is 2.22. The second kappa shape index (κ2) is 4.81. The average molecular weight is 228 g/mol. The second-order valence-electron chi connectivity index (χ2n) is 4.17. The maximum Gasteiger partial charge on any atom is 0.177 e. The Hall–Kier alpha value is -0.460. The van der Waals surface area contributed by atoms with Gasteiger partial charge in [-0.3, -0.25) is 0 Å². The molecule has 0 amide bonds. The molecule has 3 aliphatic heterocycles. The van der Waals surface area contributed by atoms with E-state index in [2.05, 4.69) is 0 Å². The van der Waals surface area contributed by atoms with Crippen LogP contribution in [0.1, 0.15) is 6.42 Å². The molecular formula is C11H16O5. The highest BCUT2D eigenvalue weighted by Gasteiger charge is 2.32. The predicted octanol–water partition coefficient (Wildman–Crippen LogP) is 0.446. The molecule has 3 rings (SSSR count). The molecule has 3 aliphatic rings. The number of ether oxygens (including phenoxy) is 5. The van der Waals surface area contributed by atoms with Crippen LogP contribution in [-0.4, -0.2) is 51.2 Å². The van der Waals surface area contributed by atoms with Gasteiger partial charge in [0.05, 0.1) is 19.3 Å². The maximum absolute atomic E-state index is 5.76. The number of hydrogen-bond acceptors (Lipinski definition) is 5. The number of rotatable bonds is 2. The summed E-state index contributed by atoms with van der Waals surface area (Å²) in [6.07, 6.45) is 4.66. The third-order valence-corrected chi connectivity index (χ3v) is 2.97. The van der Waals surface area contributed by atoms with E-state index in [4.69, 9.17) is 23.7 Å². The van der Waals surface area contributed by atoms with E-state index in [0.29, 0.717) is 20.0 Å². The summed E-state index contributed by atoms with van der Waals surface area (Å²) < 4.78 is 27.3. The van der Waals surface area contributed by atoms with Crippen molar-refractivity contribution in [1.29, 1.82) is 0 Å². The summed E-state index contributed by atoms with van der Waals surface area (Å²) in [4.78, 5) is 0. The van der Waals surface area contributed by atoms with Gasteiger partial charge >= 0.3 is 0 Å². The molecule has 0 saturated carbocycles. The van der Waals surface area contributed by atoms with Crippen LogP contribution in [0.3, 0.4) is 0 Å². The Morgan fingerprint density at radius 3 is 3.00 bits per heavy atom. The van der Waals surface area contributed by atoms with E-state index in [1.54, 1.807) is 0 Å². The molecule has 0 aromatic rings. The Balaban J connectivity index is 1.56. The lowest BCUT2D eigenvalue weighted by molar-refractivity contribution is -0.251. The summed E-state index contributed by atoms with van der Waals surface area (Å²) in [7, 11) is 0. The summed E-state index contributed by atoms with van der Waals surface area (Å²) in [5.74, 6) is 0.